The molecular formula is C27H18N12O9S3. The van der Waals surface area contributed by atoms with E-state index in [2.05, 4.69) is 30.9 Å². The quantitative estimate of drug-likeness (QED) is 0.0686. The van der Waals surface area contributed by atoms with Gasteiger partial charge in [0.15, 0.2) is 0 Å². The Kier molecular flexibility index (Phi) is 10.8. The van der Waals surface area contributed by atoms with Gasteiger partial charge in [-0.3, -0.25) is 44.7 Å². The normalized spacial score (nSPS) is 10.4. The van der Waals surface area contributed by atoms with Crippen LogP contribution in [0.25, 0.3) is 0 Å². The van der Waals surface area contributed by atoms with Crippen LogP contribution in [0.5, 0.6) is 0 Å². The Morgan fingerprint density at radius 2 is 0.725 bits per heavy atom. The Hall–Kier alpha value is -7.05. The fourth-order valence-electron chi connectivity index (χ4n) is 4.20. The molecule has 0 aliphatic carbocycles. The van der Waals surface area contributed by atoms with Crippen molar-refractivity contribution < 1.29 is 29.2 Å². The van der Waals surface area contributed by atoms with Crippen molar-refractivity contribution in [2.75, 3.05) is 16.0 Å². The number of nitrogens with one attached hydrogen (secondary N) is 3. The molecule has 51 heavy (non-hydrogen) atoms. The molecule has 0 aliphatic heterocycles. The van der Waals surface area contributed by atoms with Gasteiger partial charge in [0, 0.05) is 69.8 Å². The van der Waals surface area contributed by atoms with Gasteiger partial charge >= 0.3 is 0 Å². The summed E-state index contributed by atoms with van der Waals surface area (Å²) in [5, 5.41) is 42.0. The van der Waals surface area contributed by atoms with E-state index in [-0.39, 0.29) is 48.3 Å². The topological polar surface area (TPSA) is 333 Å². The van der Waals surface area contributed by atoms with Crippen molar-refractivity contribution in [3.63, 3.8) is 0 Å². The lowest BCUT2D eigenvalue weighted by molar-refractivity contribution is -0.385. The van der Waals surface area contributed by atoms with Crippen LogP contribution in [0.2, 0.25) is 0 Å². The number of primary amides is 3. The van der Waals surface area contributed by atoms with Gasteiger partial charge < -0.3 is 33.2 Å². The average Bonchev–Trinajstić information content (AvgIpc) is 3.06. The van der Waals surface area contributed by atoms with E-state index in [0.29, 0.717) is 0 Å². The number of carbonyl (C=O) groups is 3. The van der Waals surface area contributed by atoms with Gasteiger partial charge in [0.2, 0.25) is 35.6 Å². The second-order valence-corrected chi connectivity index (χ2v) is 10.9. The zero-order valence-corrected chi connectivity index (χ0v) is 27.5. The van der Waals surface area contributed by atoms with Gasteiger partial charge in [-0.05, 0) is 18.2 Å². The van der Waals surface area contributed by atoms with Crippen molar-refractivity contribution in [3.8, 4) is 0 Å². The number of nitro benzene ring substituents is 3. The summed E-state index contributed by atoms with van der Waals surface area (Å²) in [5.41, 5.74) is 13.8. The molecule has 258 valence electrons. The number of anilines is 3. The molecule has 0 aliphatic rings. The smallest absolute Gasteiger partial charge is 0.270 e. The maximum Gasteiger partial charge on any atom is 0.270 e. The molecule has 0 saturated carbocycles. The molecule has 0 atom stereocenters. The first-order valence-corrected chi connectivity index (χ1v) is 14.6. The molecule has 4 rings (SSSR count). The molecule has 0 saturated heterocycles. The predicted octanol–water partition coefficient (Wildman–Crippen LogP) is 2.26. The van der Waals surface area contributed by atoms with Crippen LogP contribution in [0.3, 0.4) is 0 Å². The highest BCUT2D eigenvalue weighted by Gasteiger charge is 2.23. The summed E-state index contributed by atoms with van der Waals surface area (Å²) >= 11 is 16.1. The van der Waals surface area contributed by atoms with Crippen LogP contribution in [-0.4, -0.2) is 62.4 Å². The zero-order chi connectivity index (χ0) is 37.7. The van der Waals surface area contributed by atoms with Crippen molar-refractivity contribution in [1.82, 2.24) is 15.0 Å². The van der Waals surface area contributed by atoms with Gasteiger partial charge in [0.25, 0.3) is 17.1 Å². The van der Waals surface area contributed by atoms with E-state index in [0.717, 1.165) is 54.6 Å². The number of carbonyl (C=O) groups excluding carboxylic acids is 3. The van der Waals surface area contributed by atoms with E-state index in [1.54, 1.807) is 0 Å². The van der Waals surface area contributed by atoms with Crippen LogP contribution in [0, 0.1) is 30.3 Å². The first-order valence-electron chi connectivity index (χ1n) is 13.4. The van der Waals surface area contributed by atoms with E-state index in [1.165, 1.54) is 0 Å². The molecule has 3 amide bonds. The highest BCUT2D eigenvalue weighted by molar-refractivity contribution is 7.81. The number of rotatable bonds is 12. The lowest BCUT2D eigenvalue weighted by Crippen LogP contribution is -2.24. The molecule has 24 heteroatoms. The summed E-state index contributed by atoms with van der Waals surface area (Å²) in [7, 11) is 0. The number of benzene rings is 3. The Morgan fingerprint density at radius 3 is 0.922 bits per heavy atom. The number of nitro groups is 3. The number of nitrogens with zero attached hydrogens (tertiary/aromatic N) is 6. The summed E-state index contributed by atoms with van der Waals surface area (Å²) in [6, 6.07) is 9.26. The number of non-ortho nitro benzene ring substituents is 3. The van der Waals surface area contributed by atoms with Crippen molar-refractivity contribution in [3.05, 3.63) is 118 Å². The molecule has 4 aromatic rings. The summed E-state index contributed by atoms with van der Waals surface area (Å²) in [6.45, 7) is 0. The maximum atomic E-state index is 12.1. The molecular weight excluding hydrogens is 733 g/mol. The summed E-state index contributed by atoms with van der Waals surface area (Å²) in [6.07, 6.45) is 0. The molecule has 1 heterocycles. The van der Waals surface area contributed by atoms with Crippen LogP contribution >= 0.6 is 36.7 Å². The third-order valence-electron chi connectivity index (χ3n) is 6.48. The average molecular weight is 751 g/mol. The molecule has 0 fully saturated rings. The Balaban J connectivity index is 1.82. The first-order chi connectivity index (χ1) is 24.0. The first kappa shape index (κ1) is 36.8. The van der Waals surface area contributed by atoms with Crippen LogP contribution in [0.15, 0.2) is 54.6 Å². The van der Waals surface area contributed by atoms with E-state index in [4.69, 9.17) is 53.9 Å². The molecule has 0 unspecified atom stereocenters. The van der Waals surface area contributed by atoms with Crippen LogP contribution < -0.4 is 33.2 Å². The number of thiocarbonyl (C=S) groups is 3. The second kappa shape index (κ2) is 15.0. The summed E-state index contributed by atoms with van der Waals surface area (Å²) < 4.78 is 0. The van der Waals surface area contributed by atoms with Gasteiger partial charge in [-0.2, -0.15) is 15.0 Å². The lowest BCUT2D eigenvalue weighted by atomic mass is 10.1. The largest absolute Gasteiger partial charge is 0.366 e. The number of nitrogens with two attached hydrogens (primary N) is 3. The Bertz CT molecular complexity index is 1990. The van der Waals surface area contributed by atoms with Gasteiger partial charge in [0.05, 0.1) is 14.8 Å². The lowest BCUT2D eigenvalue weighted by Gasteiger charge is -2.15. The van der Waals surface area contributed by atoms with Crippen molar-refractivity contribution in [2.24, 2.45) is 17.2 Å². The zero-order valence-electron chi connectivity index (χ0n) is 25.0. The molecule has 9 N–H and O–H groups in total. The highest BCUT2D eigenvalue weighted by atomic mass is 32.1. The van der Waals surface area contributed by atoms with Crippen molar-refractivity contribution in [1.29, 1.82) is 0 Å². The monoisotopic (exact) mass is 750 g/mol. The van der Waals surface area contributed by atoms with Gasteiger partial charge in [-0.25, -0.2) is 0 Å². The van der Waals surface area contributed by atoms with E-state index in [9.17, 15) is 44.7 Å². The number of hydrogen-bond donors (Lipinski definition) is 6. The third-order valence-corrected chi connectivity index (χ3v) is 7.45. The number of amides is 3. The molecule has 21 nitrogen and oxygen atoms in total. The number of hydrogen-bond acceptors (Lipinski definition) is 15. The summed E-state index contributed by atoms with van der Waals surface area (Å²) in [4.78, 5) is 79.6. The fraction of sp³-hybridized carbons (Fsp3) is 0. The number of aromatic nitrogens is 3. The van der Waals surface area contributed by atoms with E-state index in [1.807, 2.05) is 0 Å². The van der Waals surface area contributed by atoms with Gasteiger partial charge in [-0.15, -0.1) is 0 Å². The Labute approximate surface area is 299 Å². The minimum absolute atomic E-state index is 0.187. The van der Waals surface area contributed by atoms with Crippen LogP contribution in [-0.2, 0) is 0 Å². The molecule has 0 radical (unpaired) electrons. The molecule has 0 bridgehead atoms. The van der Waals surface area contributed by atoms with Crippen LogP contribution in [0.4, 0.5) is 34.9 Å². The maximum absolute atomic E-state index is 12.1. The third kappa shape index (κ3) is 8.52. The minimum Gasteiger partial charge on any atom is -0.366 e. The fourth-order valence-corrected chi connectivity index (χ4v) is 4.98. The standard InChI is InChI=1S/C27H18N12O9S3/c28-19(40)13-4-1-10(37(43)44)7-16(13)22(49)31-25-34-26(32-23(50)17-8-11(38(45)46)2-5-14(17)20(29)41)36-27(35-25)33-24(51)18-9-12(39(47)48)3-6-15(18)21(30)42/h1-9H,(H2,28,40)(H2,29,41)(H2,30,42)(H3,31,32,33,34,35,36,49,50,51). The molecule has 0 spiro atoms. The molecule has 1 aromatic heterocycles. The van der Waals surface area contributed by atoms with Crippen molar-refractivity contribution >= 4 is 104 Å². The van der Waals surface area contributed by atoms with E-state index >= 15 is 0 Å². The SMILES string of the molecule is NC(=O)c1ccc([N+](=O)[O-])cc1C(=S)Nc1nc(NC(=S)c2cc([N+](=O)[O-])ccc2C(N)=O)nc(NC(=S)c2cc([N+](=O)[O-])ccc2C(N)=O)n1. The van der Waals surface area contributed by atoms with Gasteiger partial charge in [0.1, 0.15) is 15.0 Å². The highest BCUT2D eigenvalue weighted by Crippen LogP contribution is 2.24. The van der Waals surface area contributed by atoms with E-state index < -0.39 is 67.4 Å². The molecule has 3 aromatic carbocycles. The van der Waals surface area contributed by atoms with Gasteiger partial charge in [-0.1, -0.05) is 36.7 Å². The minimum atomic E-state index is -0.982. The van der Waals surface area contributed by atoms with Crippen LogP contribution in [0.1, 0.15) is 47.8 Å². The summed E-state index contributed by atoms with van der Waals surface area (Å²) in [5.74, 6) is -4.25. The predicted molar refractivity (Wildman–Crippen MR) is 191 cm³/mol. The Morgan fingerprint density at radius 1 is 0.490 bits per heavy atom. The van der Waals surface area contributed by atoms with Crippen molar-refractivity contribution in [2.45, 2.75) is 0 Å². The second-order valence-electron chi connectivity index (χ2n) is 9.72.